The van der Waals surface area contributed by atoms with Crippen molar-refractivity contribution in [3.8, 4) is 5.75 Å². The third kappa shape index (κ3) is 4.44. The van der Waals surface area contributed by atoms with Crippen LogP contribution in [-0.2, 0) is 11.4 Å². The Morgan fingerprint density at radius 2 is 1.91 bits per heavy atom. The molecule has 0 aliphatic rings. The van der Waals surface area contributed by atoms with E-state index < -0.39 is 17.9 Å². The van der Waals surface area contributed by atoms with Gasteiger partial charge in [-0.25, -0.2) is 4.79 Å². The van der Waals surface area contributed by atoms with E-state index in [9.17, 15) is 14.7 Å². The van der Waals surface area contributed by atoms with Gasteiger partial charge in [-0.3, -0.25) is 4.79 Å². The number of aromatic carboxylic acids is 1. The molecule has 2 rings (SSSR count). The Bertz CT molecular complexity index is 742. The number of benzene rings is 2. The average molecular weight is 426 g/mol. The van der Waals surface area contributed by atoms with Gasteiger partial charge in [0.15, 0.2) is 0 Å². The lowest BCUT2D eigenvalue weighted by Crippen LogP contribution is -2.08. The van der Waals surface area contributed by atoms with Crippen molar-refractivity contribution in [1.29, 1.82) is 0 Å². The summed E-state index contributed by atoms with van der Waals surface area (Å²) in [5.74, 6) is -2.04. The molecular weight excluding hydrogens is 411 g/mol. The van der Waals surface area contributed by atoms with Crippen molar-refractivity contribution < 1.29 is 24.5 Å². The molecule has 0 aromatic heterocycles. The predicted molar refractivity (Wildman–Crippen MR) is 92.9 cm³/mol. The third-order valence-corrected chi connectivity index (χ3v) is 4.09. The monoisotopic (exact) mass is 426 g/mol. The van der Waals surface area contributed by atoms with E-state index in [-0.39, 0.29) is 12.2 Å². The van der Waals surface area contributed by atoms with Crippen molar-refractivity contribution in [2.24, 2.45) is 0 Å². The van der Waals surface area contributed by atoms with Crippen molar-refractivity contribution in [2.45, 2.75) is 19.4 Å². The quantitative estimate of drug-likeness (QED) is 0.688. The predicted octanol–water partition coefficient (Wildman–Crippen LogP) is 3.76. The third-order valence-electron chi connectivity index (χ3n) is 3.42. The summed E-state index contributed by atoms with van der Waals surface area (Å²) in [7, 11) is 0. The van der Waals surface area contributed by atoms with Gasteiger partial charge in [0.1, 0.15) is 12.4 Å². The number of rotatable bonds is 6. The van der Waals surface area contributed by atoms with E-state index in [0.29, 0.717) is 16.9 Å². The van der Waals surface area contributed by atoms with Gasteiger partial charge in [-0.2, -0.15) is 0 Å². The molecule has 5 nitrogen and oxygen atoms in total. The number of hydrogen-bond acceptors (Lipinski definition) is 3. The summed E-state index contributed by atoms with van der Waals surface area (Å²) >= 11 is 2.11. The molecule has 2 aromatic carbocycles. The first kappa shape index (κ1) is 17.3. The Morgan fingerprint density at radius 1 is 1.17 bits per heavy atom. The minimum atomic E-state index is -1.01. The molecule has 2 N–H and O–H groups in total. The zero-order valence-electron chi connectivity index (χ0n) is 12.3. The number of carboxylic acid groups (broad SMARTS) is 2. The zero-order valence-corrected chi connectivity index (χ0v) is 14.5. The molecule has 6 heteroatoms. The minimum absolute atomic E-state index is 0.101. The molecule has 0 fully saturated rings. The molecule has 23 heavy (non-hydrogen) atoms. The van der Waals surface area contributed by atoms with Crippen LogP contribution in [0.2, 0.25) is 0 Å². The molecule has 0 spiro atoms. The van der Waals surface area contributed by atoms with E-state index in [4.69, 9.17) is 9.84 Å². The summed E-state index contributed by atoms with van der Waals surface area (Å²) in [6.45, 7) is 1.70. The number of carboxylic acids is 2. The number of hydrogen-bond donors (Lipinski definition) is 2. The molecule has 0 aliphatic heterocycles. The van der Waals surface area contributed by atoms with Gasteiger partial charge in [-0.1, -0.05) is 12.1 Å². The van der Waals surface area contributed by atoms with Crippen LogP contribution in [0.3, 0.4) is 0 Å². The first-order valence-corrected chi connectivity index (χ1v) is 7.93. The van der Waals surface area contributed by atoms with Gasteiger partial charge in [-0.15, -0.1) is 0 Å². The lowest BCUT2D eigenvalue weighted by molar-refractivity contribution is -0.138. The molecule has 0 heterocycles. The first-order chi connectivity index (χ1) is 10.9. The lowest BCUT2D eigenvalue weighted by Gasteiger charge is -2.12. The van der Waals surface area contributed by atoms with E-state index in [1.807, 2.05) is 0 Å². The highest BCUT2D eigenvalue weighted by atomic mass is 127. The maximum Gasteiger partial charge on any atom is 0.336 e. The van der Waals surface area contributed by atoms with Crippen LogP contribution < -0.4 is 4.74 Å². The van der Waals surface area contributed by atoms with Gasteiger partial charge in [0.05, 0.1) is 11.5 Å². The smallest absolute Gasteiger partial charge is 0.336 e. The molecule has 0 saturated carbocycles. The number of ether oxygens (including phenoxy) is 1. The van der Waals surface area contributed by atoms with Crippen LogP contribution in [0.1, 0.15) is 34.3 Å². The summed E-state index contributed by atoms with van der Waals surface area (Å²) in [6, 6.07) is 11.8. The summed E-state index contributed by atoms with van der Waals surface area (Å²) < 4.78 is 6.57. The van der Waals surface area contributed by atoms with Gasteiger partial charge >= 0.3 is 11.9 Å². The molecule has 0 saturated heterocycles. The van der Waals surface area contributed by atoms with E-state index in [1.165, 1.54) is 0 Å². The number of aliphatic carboxylic acids is 1. The molecule has 2 aromatic rings. The Kier molecular flexibility index (Phi) is 5.59. The topological polar surface area (TPSA) is 83.8 Å². The normalized spacial score (nSPS) is 11.7. The Balaban J connectivity index is 2.19. The molecule has 120 valence electrons. The van der Waals surface area contributed by atoms with Crippen molar-refractivity contribution in [2.75, 3.05) is 0 Å². The van der Waals surface area contributed by atoms with Gasteiger partial charge in [0, 0.05) is 9.13 Å². The molecule has 0 amide bonds. The fraction of sp³-hybridized carbons (Fsp3) is 0.176. The second-order valence-corrected chi connectivity index (χ2v) is 6.27. The largest absolute Gasteiger partial charge is 0.489 e. The van der Waals surface area contributed by atoms with Gasteiger partial charge in [-0.05, 0) is 65.4 Å². The maximum absolute atomic E-state index is 11.2. The van der Waals surface area contributed by atoms with Crippen LogP contribution in [0.15, 0.2) is 42.5 Å². The molecule has 0 radical (unpaired) electrons. The van der Waals surface area contributed by atoms with Crippen molar-refractivity contribution in [3.63, 3.8) is 0 Å². The highest BCUT2D eigenvalue weighted by Gasteiger charge is 2.15. The fourth-order valence-electron chi connectivity index (χ4n) is 2.07. The van der Waals surface area contributed by atoms with Crippen LogP contribution in [0.25, 0.3) is 0 Å². The Morgan fingerprint density at radius 3 is 2.57 bits per heavy atom. The highest BCUT2D eigenvalue weighted by Crippen LogP contribution is 2.23. The summed E-state index contributed by atoms with van der Waals surface area (Å²) in [6.07, 6.45) is 0. The van der Waals surface area contributed by atoms with Crippen LogP contribution in [0.5, 0.6) is 5.75 Å². The zero-order chi connectivity index (χ0) is 17.0. The van der Waals surface area contributed by atoms with E-state index >= 15 is 0 Å². The molecule has 0 aliphatic carbocycles. The van der Waals surface area contributed by atoms with E-state index in [0.717, 1.165) is 3.57 Å². The molecule has 1 atom stereocenters. The van der Waals surface area contributed by atoms with Gasteiger partial charge in [0.25, 0.3) is 0 Å². The summed E-state index contributed by atoms with van der Waals surface area (Å²) in [4.78, 5) is 22.3. The molecule has 0 unspecified atom stereocenters. The number of halogens is 1. The Hall–Kier alpha value is -2.09. The lowest BCUT2D eigenvalue weighted by atomic mass is 10.0. The summed E-state index contributed by atoms with van der Waals surface area (Å²) in [5.41, 5.74) is 1.40. The van der Waals surface area contributed by atoms with Crippen LogP contribution in [0, 0.1) is 3.57 Å². The second-order valence-electron chi connectivity index (χ2n) is 5.03. The van der Waals surface area contributed by atoms with Crippen LogP contribution in [-0.4, -0.2) is 22.2 Å². The highest BCUT2D eigenvalue weighted by molar-refractivity contribution is 14.1. The fourth-order valence-corrected chi connectivity index (χ4v) is 2.62. The number of carbonyl (C=O) groups is 2. The Labute approximate surface area is 147 Å². The van der Waals surface area contributed by atoms with Crippen molar-refractivity contribution in [1.82, 2.24) is 0 Å². The average Bonchev–Trinajstić information content (AvgIpc) is 2.52. The van der Waals surface area contributed by atoms with E-state index in [1.54, 1.807) is 49.4 Å². The maximum atomic E-state index is 11.2. The molecular formula is C17H15IO5. The van der Waals surface area contributed by atoms with Gasteiger partial charge in [0.2, 0.25) is 0 Å². The molecule has 0 bridgehead atoms. The standard InChI is InChI=1S/C17H15IO5/c1-10(16(19)20)11-3-2-4-14(8-11)23-9-12-7-13(18)5-6-15(12)17(21)22/h2-8,10H,9H2,1H3,(H,19,20)(H,21,22)/t10-/m1/s1. The minimum Gasteiger partial charge on any atom is -0.489 e. The van der Waals surface area contributed by atoms with Crippen molar-refractivity contribution >= 4 is 34.5 Å². The SMILES string of the molecule is C[C@@H](C(=O)O)c1cccc(OCc2cc(I)ccc2C(=O)O)c1. The van der Waals surface area contributed by atoms with Crippen LogP contribution >= 0.6 is 22.6 Å². The van der Waals surface area contributed by atoms with Gasteiger partial charge < -0.3 is 14.9 Å². The summed E-state index contributed by atoms with van der Waals surface area (Å²) in [5, 5.41) is 18.3. The second kappa shape index (κ2) is 7.45. The van der Waals surface area contributed by atoms with E-state index in [2.05, 4.69) is 22.6 Å². The van der Waals surface area contributed by atoms with Crippen LogP contribution in [0.4, 0.5) is 0 Å². The van der Waals surface area contributed by atoms with Crippen molar-refractivity contribution in [3.05, 3.63) is 62.7 Å². The first-order valence-electron chi connectivity index (χ1n) is 6.85.